The first-order chi connectivity index (χ1) is 4.57. The maximum absolute atomic E-state index is 8.83. The molecule has 0 fully saturated rings. The Morgan fingerprint density at radius 3 is 2.60 bits per heavy atom. The minimum absolute atomic E-state index is 0.0675. The number of rotatable bonds is 3. The number of aliphatic hydroxyl groups is 1. The molecule has 1 unspecified atom stereocenters. The van der Waals surface area contributed by atoms with Crippen LogP contribution in [0.25, 0.3) is 0 Å². The summed E-state index contributed by atoms with van der Waals surface area (Å²) >= 11 is 6.55. The zero-order chi connectivity index (χ0) is 8.15. The lowest BCUT2D eigenvalue weighted by atomic mass is 10.3. The van der Waals surface area contributed by atoms with Crippen LogP contribution >= 0.6 is 31.9 Å². The number of allylic oxidation sites excluding steroid dienone is 2. The molecule has 0 aliphatic carbocycles. The van der Waals surface area contributed by atoms with Crippen LogP contribution in [-0.2, 0) is 0 Å². The summed E-state index contributed by atoms with van der Waals surface area (Å²) in [6.07, 6.45) is 2.85. The van der Waals surface area contributed by atoms with Gasteiger partial charge in [-0.05, 0) is 22.4 Å². The van der Waals surface area contributed by atoms with Gasteiger partial charge in [0, 0.05) is 4.83 Å². The van der Waals surface area contributed by atoms with Gasteiger partial charge < -0.3 is 5.11 Å². The van der Waals surface area contributed by atoms with E-state index in [9.17, 15) is 0 Å². The Morgan fingerprint density at radius 2 is 2.30 bits per heavy atom. The van der Waals surface area contributed by atoms with Crippen molar-refractivity contribution in [1.82, 2.24) is 0 Å². The molecule has 0 radical (unpaired) electrons. The van der Waals surface area contributed by atoms with Crippen molar-refractivity contribution in [3.8, 4) is 0 Å². The van der Waals surface area contributed by atoms with Crippen molar-refractivity contribution in [2.24, 2.45) is 0 Å². The van der Waals surface area contributed by atoms with Gasteiger partial charge >= 0.3 is 0 Å². The number of aliphatic hydroxyl groups excluding tert-OH is 1. The average molecular weight is 270 g/mol. The lowest BCUT2D eigenvalue weighted by molar-refractivity contribution is 0.433. The van der Waals surface area contributed by atoms with Gasteiger partial charge in [-0.2, -0.15) is 0 Å². The van der Waals surface area contributed by atoms with Crippen LogP contribution in [-0.4, -0.2) is 9.93 Å². The largest absolute Gasteiger partial charge is 0.507 e. The van der Waals surface area contributed by atoms with Crippen molar-refractivity contribution in [2.45, 2.75) is 18.2 Å². The van der Waals surface area contributed by atoms with E-state index in [1.54, 1.807) is 0 Å². The van der Waals surface area contributed by atoms with E-state index < -0.39 is 0 Å². The fourth-order valence-electron chi connectivity index (χ4n) is 0.373. The highest BCUT2D eigenvalue weighted by molar-refractivity contribution is 9.12. The fraction of sp³-hybridized carbons (Fsp3) is 0.429. The summed E-state index contributed by atoms with van der Waals surface area (Å²) in [6, 6.07) is 0. The smallest absolute Gasteiger partial charge is 0.122 e. The van der Waals surface area contributed by atoms with Gasteiger partial charge in [0.15, 0.2) is 0 Å². The van der Waals surface area contributed by atoms with Crippen LogP contribution in [0.5, 0.6) is 0 Å². The van der Waals surface area contributed by atoms with E-state index in [1.165, 1.54) is 0 Å². The first-order valence-electron chi connectivity index (χ1n) is 2.97. The minimum Gasteiger partial charge on any atom is -0.507 e. The van der Waals surface area contributed by atoms with Crippen molar-refractivity contribution in [1.29, 1.82) is 0 Å². The molecular formula is C7H10Br2O. The van der Waals surface area contributed by atoms with E-state index in [-0.39, 0.29) is 5.76 Å². The predicted molar refractivity (Wildman–Crippen MR) is 51.8 cm³/mol. The van der Waals surface area contributed by atoms with Crippen LogP contribution < -0.4 is 0 Å². The molecule has 1 atom stereocenters. The van der Waals surface area contributed by atoms with Crippen molar-refractivity contribution in [3.05, 3.63) is 22.9 Å². The summed E-state index contributed by atoms with van der Waals surface area (Å²) < 4.78 is 0.649. The molecule has 0 aromatic carbocycles. The summed E-state index contributed by atoms with van der Waals surface area (Å²) in [5.41, 5.74) is 0. The van der Waals surface area contributed by atoms with E-state index in [2.05, 4.69) is 45.4 Å². The summed E-state index contributed by atoms with van der Waals surface area (Å²) in [4.78, 5) is 0.297. The highest BCUT2D eigenvalue weighted by Gasteiger charge is 1.99. The molecule has 0 spiro atoms. The van der Waals surface area contributed by atoms with Gasteiger partial charge in [0.2, 0.25) is 0 Å². The van der Waals surface area contributed by atoms with Gasteiger partial charge in [0.25, 0.3) is 0 Å². The molecule has 0 bridgehead atoms. The van der Waals surface area contributed by atoms with Gasteiger partial charge in [-0.3, -0.25) is 0 Å². The van der Waals surface area contributed by atoms with Crippen LogP contribution in [0.2, 0.25) is 0 Å². The van der Waals surface area contributed by atoms with Gasteiger partial charge in [0.1, 0.15) is 5.76 Å². The summed E-state index contributed by atoms with van der Waals surface area (Å²) in [5.74, 6) is 0.0675. The molecule has 0 saturated heterocycles. The van der Waals surface area contributed by atoms with Crippen LogP contribution in [0.3, 0.4) is 0 Å². The topological polar surface area (TPSA) is 20.2 Å². The zero-order valence-electron chi connectivity index (χ0n) is 5.77. The number of hydrogen-bond donors (Lipinski definition) is 1. The molecule has 0 rings (SSSR count). The van der Waals surface area contributed by atoms with Gasteiger partial charge in [-0.15, -0.1) is 0 Å². The van der Waals surface area contributed by atoms with Crippen molar-refractivity contribution in [3.63, 3.8) is 0 Å². The zero-order valence-corrected chi connectivity index (χ0v) is 8.94. The molecule has 0 heterocycles. The Balaban J connectivity index is 4.02. The molecule has 0 aromatic rings. The van der Waals surface area contributed by atoms with E-state index in [1.807, 2.05) is 6.08 Å². The molecule has 1 nitrogen and oxygen atoms in total. The maximum Gasteiger partial charge on any atom is 0.122 e. The quantitative estimate of drug-likeness (QED) is 0.472. The molecule has 0 saturated carbocycles. The summed E-state index contributed by atoms with van der Waals surface area (Å²) in [5, 5.41) is 8.83. The van der Waals surface area contributed by atoms with Gasteiger partial charge in [-0.1, -0.05) is 35.5 Å². The van der Waals surface area contributed by atoms with Gasteiger partial charge in [-0.25, -0.2) is 0 Å². The molecule has 0 aromatic heterocycles. The van der Waals surface area contributed by atoms with Crippen LogP contribution in [0.15, 0.2) is 22.9 Å². The Bertz CT molecular complexity index is 152. The highest BCUT2D eigenvalue weighted by atomic mass is 79.9. The third-order valence-corrected chi connectivity index (χ3v) is 2.63. The first kappa shape index (κ1) is 10.2. The van der Waals surface area contributed by atoms with Crippen LogP contribution in [0, 0.1) is 0 Å². The number of halogens is 2. The summed E-state index contributed by atoms with van der Waals surface area (Å²) in [7, 11) is 0. The highest BCUT2D eigenvalue weighted by Crippen LogP contribution is 2.17. The fourth-order valence-corrected chi connectivity index (χ4v) is 1.31. The molecule has 0 amide bonds. The normalized spacial score (nSPS) is 14.9. The van der Waals surface area contributed by atoms with E-state index >= 15 is 0 Å². The predicted octanol–water partition coefficient (Wildman–Crippen LogP) is 3.51. The molecule has 1 N–H and O–H groups in total. The monoisotopic (exact) mass is 268 g/mol. The van der Waals surface area contributed by atoms with Gasteiger partial charge in [0.05, 0.1) is 4.48 Å². The third-order valence-electron chi connectivity index (χ3n) is 0.993. The molecule has 58 valence electrons. The third kappa shape index (κ3) is 4.12. The van der Waals surface area contributed by atoms with Crippen molar-refractivity contribution < 1.29 is 5.11 Å². The van der Waals surface area contributed by atoms with Crippen LogP contribution in [0.4, 0.5) is 0 Å². The Morgan fingerprint density at radius 1 is 1.80 bits per heavy atom. The van der Waals surface area contributed by atoms with E-state index in [0.29, 0.717) is 9.31 Å². The number of alkyl halides is 1. The lowest BCUT2D eigenvalue weighted by Gasteiger charge is -2.00. The standard InChI is InChI=1S/C7H10Br2O/c1-3-6(8)4-7(9)5(2)10/h4,6,10H,2-3H2,1H3/b7-4+. The molecule has 10 heavy (non-hydrogen) atoms. The number of hydrogen-bond acceptors (Lipinski definition) is 1. The molecule has 3 heteroatoms. The maximum atomic E-state index is 8.83. The van der Waals surface area contributed by atoms with E-state index in [0.717, 1.165) is 6.42 Å². The second-order valence-electron chi connectivity index (χ2n) is 1.89. The minimum atomic E-state index is 0.0675. The van der Waals surface area contributed by atoms with E-state index in [4.69, 9.17) is 5.11 Å². The average Bonchev–Trinajstić information content (AvgIpc) is 1.87. The van der Waals surface area contributed by atoms with Crippen LogP contribution in [0.1, 0.15) is 13.3 Å². The van der Waals surface area contributed by atoms with Crippen molar-refractivity contribution in [2.75, 3.05) is 0 Å². The second kappa shape index (κ2) is 4.97. The SMILES string of the molecule is C=C(O)/C(Br)=C\C(Br)CC. The molecule has 0 aliphatic rings. The van der Waals surface area contributed by atoms with Crippen molar-refractivity contribution >= 4 is 31.9 Å². The Hall–Kier alpha value is 0.240. The summed E-state index contributed by atoms with van der Waals surface area (Å²) in [6.45, 7) is 5.41. The molecular weight excluding hydrogens is 260 g/mol. The lowest BCUT2D eigenvalue weighted by Crippen LogP contribution is -1.90. The first-order valence-corrected chi connectivity index (χ1v) is 4.68. The second-order valence-corrected chi connectivity index (χ2v) is 3.92. The molecule has 0 aliphatic heterocycles. The Labute approximate surface area is 78.1 Å². The Kier molecular flexibility index (Phi) is 5.09.